The summed E-state index contributed by atoms with van der Waals surface area (Å²) in [6, 6.07) is 13.3. The molecule has 1 aliphatic rings. The van der Waals surface area contributed by atoms with E-state index >= 15 is 0 Å². The molecule has 8 nitrogen and oxygen atoms in total. The van der Waals surface area contributed by atoms with Crippen molar-refractivity contribution in [1.29, 1.82) is 0 Å². The number of nitrogens with zero attached hydrogens (tertiary/aromatic N) is 3. The second-order valence-corrected chi connectivity index (χ2v) is 8.57. The molecule has 1 saturated heterocycles. The highest BCUT2D eigenvalue weighted by molar-refractivity contribution is 6.31. The quantitative estimate of drug-likeness (QED) is 0.459. The minimum atomic E-state index is -0.0675. The number of halogens is 1. The van der Waals surface area contributed by atoms with E-state index in [1.807, 2.05) is 30.3 Å². The Morgan fingerprint density at radius 1 is 1.15 bits per heavy atom. The van der Waals surface area contributed by atoms with Crippen molar-refractivity contribution in [2.45, 2.75) is 31.7 Å². The van der Waals surface area contributed by atoms with Gasteiger partial charge >= 0.3 is 0 Å². The molecule has 0 unspecified atom stereocenters. The molecule has 34 heavy (non-hydrogen) atoms. The molecule has 1 fully saturated rings. The van der Waals surface area contributed by atoms with Gasteiger partial charge in [0.25, 0.3) is 0 Å². The normalized spacial score (nSPS) is 14.7. The van der Waals surface area contributed by atoms with E-state index in [0.29, 0.717) is 36.2 Å². The van der Waals surface area contributed by atoms with Crippen molar-refractivity contribution in [3.63, 3.8) is 0 Å². The standard InChI is InChI=1S/C25H29ClN4O4/c1-32-21-10-9-17(15-22(21)33-2)25-28-24(34-29-25)12-11-23(31)27-16-20(30-13-5-6-14-30)18-7-3-4-8-19(18)26/h3-4,7-10,15,20H,5-6,11-14,16H2,1-2H3,(H,27,31)/t20-/m0/s1. The Morgan fingerprint density at radius 3 is 2.65 bits per heavy atom. The minimum absolute atomic E-state index is 0.0557. The van der Waals surface area contributed by atoms with Gasteiger partial charge in [-0.05, 0) is 55.8 Å². The number of carbonyl (C=O) groups is 1. The van der Waals surface area contributed by atoms with Crippen LogP contribution in [0.1, 0.15) is 36.8 Å². The maximum absolute atomic E-state index is 12.6. The van der Waals surface area contributed by atoms with Gasteiger partial charge in [0.1, 0.15) is 0 Å². The third kappa shape index (κ3) is 5.69. The topological polar surface area (TPSA) is 89.7 Å². The van der Waals surface area contributed by atoms with Crippen LogP contribution in [-0.4, -0.2) is 54.8 Å². The van der Waals surface area contributed by atoms with Crippen LogP contribution in [0.15, 0.2) is 47.0 Å². The van der Waals surface area contributed by atoms with Crippen molar-refractivity contribution >= 4 is 17.5 Å². The van der Waals surface area contributed by atoms with Gasteiger partial charge in [0.05, 0.1) is 20.3 Å². The molecule has 3 aromatic rings. The molecule has 9 heteroatoms. The molecule has 1 amide bonds. The number of rotatable bonds is 10. The van der Waals surface area contributed by atoms with Gasteiger partial charge in [-0.15, -0.1) is 0 Å². The van der Waals surface area contributed by atoms with Crippen LogP contribution in [-0.2, 0) is 11.2 Å². The van der Waals surface area contributed by atoms with E-state index in [1.165, 1.54) is 0 Å². The molecule has 0 saturated carbocycles. The lowest BCUT2D eigenvalue weighted by atomic mass is 10.1. The van der Waals surface area contributed by atoms with Crippen LogP contribution in [0.4, 0.5) is 0 Å². The van der Waals surface area contributed by atoms with E-state index in [4.69, 9.17) is 25.6 Å². The van der Waals surface area contributed by atoms with Crippen molar-refractivity contribution in [1.82, 2.24) is 20.4 Å². The maximum Gasteiger partial charge on any atom is 0.227 e. The van der Waals surface area contributed by atoms with Gasteiger partial charge in [0, 0.05) is 30.0 Å². The number of carbonyl (C=O) groups excluding carboxylic acids is 1. The fourth-order valence-electron chi connectivity index (χ4n) is 4.20. The molecule has 0 spiro atoms. The van der Waals surface area contributed by atoms with E-state index < -0.39 is 0 Å². The highest BCUT2D eigenvalue weighted by Crippen LogP contribution is 2.31. The first-order valence-electron chi connectivity index (χ1n) is 11.4. The molecule has 2 heterocycles. The molecular weight excluding hydrogens is 456 g/mol. The van der Waals surface area contributed by atoms with Crippen molar-refractivity contribution < 1.29 is 18.8 Å². The average molecular weight is 485 g/mol. The number of methoxy groups -OCH3 is 2. The highest BCUT2D eigenvalue weighted by Gasteiger charge is 2.25. The largest absolute Gasteiger partial charge is 0.493 e. The Hall–Kier alpha value is -3.10. The van der Waals surface area contributed by atoms with Gasteiger partial charge in [-0.3, -0.25) is 9.69 Å². The summed E-state index contributed by atoms with van der Waals surface area (Å²) < 4.78 is 15.9. The third-order valence-electron chi connectivity index (χ3n) is 6.01. The molecule has 180 valence electrons. The second kappa shape index (κ2) is 11.4. The Kier molecular flexibility index (Phi) is 8.03. The lowest BCUT2D eigenvalue weighted by Gasteiger charge is -2.29. The zero-order chi connectivity index (χ0) is 23.9. The lowest BCUT2D eigenvalue weighted by molar-refractivity contribution is -0.121. The summed E-state index contributed by atoms with van der Waals surface area (Å²) >= 11 is 6.46. The molecule has 0 radical (unpaired) electrons. The number of benzene rings is 2. The first-order chi connectivity index (χ1) is 16.6. The van der Waals surface area contributed by atoms with E-state index in [1.54, 1.807) is 26.4 Å². The Balaban J connectivity index is 1.34. The van der Waals surface area contributed by atoms with Crippen LogP contribution in [0.25, 0.3) is 11.4 Å². The van der Waals surface area contributed by atoms with E-state index in [9.17, 15) is 4.79 Å². The number of hydrogen-bond acceptors (Lipinski definition) is 7. The molecule has 2 aromatic carbocycles. The van der Waals surface area contributed by atoms with Crippen LogP contribution in [0.5, 0.6) is 11.5 Å². The van der Waals surface area contributed by atoms with Crippen LogP contribution in [0, 0.1) is 0 Å². The van der Waals surface area contributed by atoms with Crippen molar-refractivity contribution in [2.24, 2.45) is 0 Å². The Morgan fingerprint density at radius 2 is 1.91 bits per heavy atom. The van der Waals surface area contributed by atoms with E-state index in [2.05, 4.69) is 20.4 Å². The molecule has 0 aliphatic carbocycles. The van der Waals surface area contributed by atoms with Crippen molar-refractivity contribution in [3.8, 4) is 22.9 Å². The summed E-state index contributed by atoms with van der Waals surface area (Å²) in [5, 5.41) is 7.82. The smallest absolute Gasteiger partial charge is 0.227 e. The summed E-state index contributed by atoms with van der Waals surface area (Å²) in [5.41, 5.74) is 1.79. The Bertz CT molecular complexity index is 1110. The number of likely N-dealkylation sites (tertiary alicyclic amines) is 1. The zero-order valence-corrected chi connectivity index (χ0v) is 20.2. The van der Waals surface area contributed by atoms with Gasteiger partial charge in [-0.25, -0.2) is 0 Å². The summed E-state index contributed by atoms with van der Waals surface area (Å²) in [4.78, 5) is 19.4. The first-order valence-corrected chi connectivity index (χ1v) is 11.8. The van der Waals surface area contributed by atoms with Crippen LogP contribution in [0.2, 0.25) is 5.02 Å². The number of hydrogen-bond donors (Lipinski definition) is 1. The van der Waals surface area contributed by atoms with Crippen LogP contribution in [0.3, 0.4) is 0 Å². The van der Waals surface area contributed by atoms with Gasteiger partial charge in [-0.2, -0.15) is 4.98 Å². The summed E-state index contributed by atoms with van der Waals surface area (Å²) in [6.07, 6.45) is 2.93. The second-order valence-electron chi connectivity index (χ2n) is 8.17. The van der Waals surface area contributed by atoms with Crippen molar-refractivity contribution in [2.75, 3.05) is 33.9 Å². The minimum Gasteiger partial charge on any atom is -0.493 e. The number of amides is 1. The van der Waals surface area contributed by atoms with E-state index in [-0.39, 0.29) is 18.4 Å². The predicted octanol–water partition coefficient (Wildman–Crippen LogP) is 4.29. The van der Waals surface area contributed by atoms with Crippen molar-refractivity contribution in [3.05, 3.63) is 58.9 Å². The lowest BCUT2D eigenvalue weighted by Crippen LogP contribution is -2.37. The molecule has 1 aromatic heterocycles. The molecular formula is C25H29ClN4O4. The highest BCUT2D eigenvalue weighted by atomic mass is 35.5. The number of aromatic nitrogens is 2. The summed E-state index contributed by atoms with van der Waals surface area (Å²) in [5.74, 6) is 1.97. The van der Waals surface area contributed by atoms with Crippen LogP contribution >= 0.6 is 11.6 Å². The third-order valence-corrected chi connectivity index (χ3v) is 6.36. The predicted molar refractivity (Wildman–Crippen MR) is 129 cm³/mol. The first kappa shape index (κ1) is 24.0. The van der Waals surface area contributed by atoms with Gasteiger partial charge in [0.15, 0.2) is 11.5 Å². The van der Waals surface area contributed by atoms with Gasteiger partial charge in [0.2, 0.25) is 17.6 Å². The number of aryl methyl sites for hydroxylation is 1. The SMILES string of the molecule is COc1ccc(-c2noc(CCC(=O)NC[C@@H](c3ccccc3Cl)N3CCCC3)n2)cc1OC. The molecule has 0 bridgehead atoms. The zero-order valence-electron chi connectivity index (χ0n) is 19.4. The fourth-order valence-corrected chi connectivity index (χ4v) is 4.46. The summed E-state index contributed by atoms with van der Waals surface area (Å²) in [7, 11) is 3.15. The molecule has 4 rings (SSSR count). The Labute approximate surface area is 204 Å². The van der Waals surface area contributed by atoms with Gasteiger partial charge < -0.3 is 19.3 Å². The number of ether oxygens (including phenoxy) is 2. The van der Waals surface area contributed by atoms with Gasteiger partial charge in [-0.1, -0.05) is 35.0 Å². The molecule has 1 N–H and O–H groups in total. The fraction of sp³-hybridized carbons (Fsp3) is 0.400. The maximum atomic E-state index is 12.6. The monoisotopic (exact) mass is 484 g/mol. The van der Waals surface area contributed by atoms with E-state index in [0.717, 1.165) is 42.1 Å². The average Bonchev–Trinajstić information content (AvgIpc) is 3.56. The molecule has 1 atom stereocenters. The van der Waals surface area contributed by atoms with Crippen LogP contribution < -0.4 is 14.8 Å². The summed E-state index contributed by atoms with van der Waals surface area (Å²) in [6.45, 7) is 2.52. The number of nitrogens with one attached hydrogen (secondary N) is 1. The molecule has 1 aliphatic heterocycles.